The maximum absolute atomic E-state index is 9.86. The molecule has 0 aliphatic heterocycles. The number of aromatic hydroxyl groups is 1. The van der Waals surface area contributed by atoms with Gasteiger partial charge in [0.05, 0.1) is 17.8 Å². The molecule has 0 saturated heterocycles. The molecule has 6 nitrogen and oxygen atoms in total. The molecular formula is C16H13BrN4O2S. The molecule has 1 aromatic heterocycles. The number of nitrogens with one attached hydrogen (secondary N) is 1. The minimum absolute atomic E-state index is 0.0412. The van der Waals surface area contributed by atoms with Gasteiger partial charge in [-0.2, -0.15) is 14.9 Å². The number of benzene rings is 2. The molecule has 122 valence electrons. The van der Waals surface area contributed by atoms with Gasteiger partial charge in [0.15, 0.2) is 17.3 Å². The van der Waals surface area contributed by atoms with Crippen molar-refractivity contribution in [2.75, 3.05) is 7.11 Å². The van der Waals surface area contributed by atoms with Gasteiger partial charge in [0.1, 0.15) is 0 Å². The van der Waals surface area contributed by atoms with Crippen molar-refractivity contribution in [2.24, 2.45) is 5.10 Å². The molecule has 0 saturated carbocycles. The maximum atomic E-state index is 9.86. The summed E-state index contributed by atoms with van der Waals surface area (Å²) >= 11 is 8.53. The summed E-state index contributed by atoms with van der Waals surface area (Å²) in [4.78, 5) is 0. The van der Waals surface area contributed by atoms with Crippen LogP contribution in [0.5, 0.6) is 11.5 Å². The van der Waals surface area contributed by atoms with E-state index in [1.165, 1.54) is 11.8 Å². The first-order valence-electron chi connectivity index (χ1n) is 6.94. The van der Waals surface area contributed by atoms with Gasteiger partial charge in [-0.05, 0) is 45.8 Å². The molecule has 3 aromatic rings. The molecule has 0 aliphatic rings. The average Bonchev–Trinajstić information content (AvgIpc) is 2.97. The predicted octanol–water partition coefficient (Wildman–Crippen LogP) is 3.97. The number of nitrogens with zero attached hydrogens (tertiary/aromatic N) is 3. The normalized spacial score (nSPS) is 11.1. The Morgan fingerprint density at radius 1 is 1.33 bits per heavy atom. The van der Waals surface area contributed by atoms with Crippen LogP contribution in [0.15, 0.2) is 52.0 Å². The molecule has 0 unspecified atom stereocenters. The third kappa shape index (κ3) is 3.24. The lowest BCUT2D eigenvalue weighted by atomic mass is 10.2. The van der Waals surface area contributed by atoms with E-state index in [2.05, 4.69) is 31.2 Å². The number of halogens is 1. The van der Waals surface area contributed by atoms with E-state index in [1.807, 2.05) is 30.3 Å². The number of ether oxygens (including phenoxy) is 1. The fourth-order valence-electron chi connectivity index (χ4n) is 2.12. The number of aromatic nitrogens is 3. The molecule has 0 spiro atoms. The van der Waals surface area contributed by atoms with E-state index in [1.54, 1.807) is 18.3 Å². The number of H-pyrrole nitrogens is 1. The minimum Gasteiger partial charge on any atom is -0.503 e. The highest BCUT2D eigenvalue weighted by Crippen LogP contribution is 2.34. The molecule has 8 heteroatoms. The number of methoxy groups -OCH3 is 1. The summed E-state index contributed by atoms with van der Waals surface area (Å²) in [6.45, 7) is 0. The highest BCUT2D eigenvalue weighted by molar-refractivity contribution is 9.10. The zero-order valence-corrected chi connectivity index (χ0v) is 15.0. The Morgan fingerprint density at radius 2 is 2.08 bits per heavy atom. The van der Waals surface area contributed by atoms with Crippen molar-refractivity contribution in [3.8, 4) is 22.9 Å². The molecule has 2 N–H and O–H groups in total. The summed E-state index contributed by atoms with van der Waals surface area (Å²) in [6, 6.07) is 13.0. The van der Waals surface area contributed by atoms with Crippen LogP contribution in [0.1, 0.15) is 5.56 Å². The highest BCUT2D eigenvalue weighted by atomic mass is 79.9. The lowest BCUT2D eigenvalue weighted by Gasteiger charge is -2.06. The van der Waals surface area contributed by atoms with E-state index in [4.69, 9.17) is 17.0 Å². The van der Waals surface area contributed by atoms with Crippen LogP contribution in [-0.4, -0.2) is 33.3 Å². The molecule has 0 atom stereocenters. The third-order valence-corrected chi connectivity index (χ3v) is 4.14. The number of phenols is 1. The van der Waals surface area contributed by atoms with Crippen molar-refractivity contribution >= 4 is 34.4 Å². The Hall–Kier alpha value is -2.45. The fraction of sp³-hybridized carbons (Fsp3) is 0.0625. The van der Waals surface area contributed by atoms with Crippen molar-refractivity contribution in [1.29, 1.82) is 0 Å². The Balaban J connectivity index is 2.01. The average molecular weight is 405 g/mol. The van der Waals surface area contributed by atoms with Crippen molar-refractivity contribution in [2.45, 2.75) is 0 Å². The third-order valence-electron chi connectivity index (χ3n) is 3.28. The lowest BCUT2D eigenvalue weighted by molar-refractivity contribution is 0.372. The number of rotatable bonds is 4. The van der Waals surface area contributed by atoms with Crippen LogP contribution < -0.4 is 4.74 Å². The van der Waals surface area contributed by atoms with E-state index in [9.17, 15) is 5.11 Å². The molecule has 0 bridgehead atoms. The topological polar surface area (TPSA) is 75.4 Å². The zero-order valence-electron chi connectivity index (χ0n) is 12.6. The first kappa shape index (κ1) is 16.4. The van der Waals surface area contributed by atoms with Crippen molar-refractivity contribution in [3.63, 3.8) is 0 Å². The van der Waals surface area contributed by atoms with Crippen LogP contribution in [0.2, 0.25) is 0 Å². The Bertz CT molecular complexity index is 950. The van der Waals surface area contributed by atoms with Crippen LogP contribution in [0.3, 0.4) is 0 Å². The van der Waals surface area contributed by atoms with Crippen LogP contribution in [-0.2, 0) is 0 Å². The number of hydrogen-bond acceptors (Lipinski definition) is 5. The van der Waals surface area contributed by atoms with Crippen LogP contribution in [0.25, 0.3) is 11.4 Å². The monoisotopic (exact) mass is 404 g/mol. The van der Waals surface area contributed by atoms with Crippen LogP contribution in [0.4, 0.5) is 0 Å². The summed E-state index contributed by atoms with van der Waals surface area (Å²) < 4.78 is 7.57. The van der Waals surface area contributed by atoms with E-state index in [-0.39, 0.29) is 5.75 Å². The second kappa shape index (κ2) is 6.98. The largest absolute Gasteiger partial charge is 0.503 e. The zero-order chi connectivity index (χ0) is 17.1. The molecule has 3 rings (SSSR count). The van der Waals surface area contributed by atoms with Crippen LogP contribution >= 0.6 is 28.1 Å². The van der Waals surface area contributed by atoms with Crippen LogP contribution in [0, 0.1) is 4.77 Å². The molecular weight excluding hydrogens is 392 g/mol. The number of aromatic amines is 1. The van der Waals surface area contributed by atoms with E-state index in [0.717, 1.165) is 11.1 Å². The first-order chi connectivity index (χ1) is 11.6. The summed E-state index contributed by atoms with van der Waals surface area (Å²) in [6.07, 6.45) is 1.62. The SMILES string of the molecule is COc1cc(/C=N\n2c(-c3ccccc3)n[nH]c2=S)cc(Br)c1O. The quantitative estimate of drug-likeness (QED) is 0.509. The first-order valence-corrected chi connectivity index (χ1v) is 8.14. The van der Waals surface area contributed by atoms with Gasteiger partial charge in [-0.3, -0.25) is 0 Å². The second-order valence-corrected chi connectivity index (χ2v) is 6.07. The lowest BCUT2D eigenvalue weighted by Crippen LogP contribution is -1.95. The van der Waals surface area contributed by atoms with Gasteiger partial charge in [-0.1, -0.05) is 30.3 Å². The molecule has 0 fully saturated rings. The van der Waals surface area contributed by atoms with E-state index < -0.39 is 0 Å². The van der Waals surface area contributed by atoms with Gasteiger partial charge in [0.2, 0.25) is 4.77 Å². The summed E-state index contributed by atoms with van der Waals surface area (Å²) in [7, 11) is 1.49. The van der Waals surface area contributed by atoms with E-state index >= 15 is 0 Å². The maximum Gasteiger partial charge on any atom is 0.216 e. The molecule has 0 aliphatic carbocycles. The fourth-order valence-corrected chi connectivity index (χ4v) is 2.76. The van der Waals surface area contributed by atoms with Gasteiger partial charge in [0, 0.05) is 5.56 Å². The van der Waals surface area contributed by atoms with E-state index in [0.29, 0.717) is 20.8 Å². The molecule has 24 heavy (non-hydrogen) atoms. The van der Waals surface area contributed by atoms with Gasteiger partial charge >= 0.3 is 0 Å². The van der Waals surface area contributed by atoms with Gasteiger partial charge in [-0.25, -0.2) is 5.10 Å². The van der Waals surface area contributed by atoms with Crippen molar-refractivity contribution in [1.82, 2.24) is 14.9 Å². The molecule has 0 radical (unpaired) electrons. The van der Waals surface area contributed by atoms with Gasteiger partial charge in [0.25, 0.3) is 0 Å². The molecule has 1 heterocycles. The second-order valence-electron chi connectivity index (χ2n) is 4.83. The molecule has 0 amide bonds. The van der Waals surface area contributed by atoms with Gasteiger partial charge < -0.3 is 9.84 Å². The van der Waals surface area contributed by atoms with Crippen molar-refractivity contribution < 1.29 is 9.84 Å². The Kier molecular flexibility index (Phi) is 4.77. The summed E-state index contributed by atoms with van der Waals surface area (Å²) in [5.41, 5.74) is 1.63. The van der Waals surface area contributed by atoms with Gasteiger partial charge in [-0.15, -0.1) is 0 Å². The molecule has 2 aromatic carbocycles. The van der Waals surface area contributed by atoms with Crippen molar-refractivity contribution in [3.05, 3.63) is 57.3 Å². The standard InChI is InChI=1S/C16H13BrN4O2S/c1-23-13-8-10(7-12(17)14(13)22)9-18-21-15(19-20-16(21)24)11-5-3-2-4-6-11/h2-9,22H,1H3,(H,20,24)/b18-9-. The predicted molar refractivity (Wildman–Crippen MR) is 98.2 cm³/mol. The number of phenolic OH excluding ortho intramolecular Hbond substituents is 1. The summed E-state index contributed by atoms with van der Waals surface area (Å²) in [5.74, 6) is 1.01. The Morgan fingerprint density at radius 3 is 2.79 bits per heavy atom. The Labute approximate surface area is 151 Å². The highest BCUT2D eigenvalue weighted by Gasteiger charge is 2.09. The summed E-state index contributed by atoms with van der Waals surface area (Å²) in [5, 5.41) is 21.2. The number of hydrogen-bond donors (Lipinski definition) is 2. The smallest absolute Gasteiger partial charge is 0.216 e. The minimum atomic E-state index is 0.0412.